The maximum atomic E-state index is 5.73. The molecule has 0 saturated carbocycles. The van der Waals surface area contributed by atoms with E-state index in [1.807, 2.05) is 24.9 Å². The van der Waals surface area contributed by atoms with Crippen LogP contribution in [0.3, 0.4) is 0 Å². The summed E-state index contributed by atoms with van der Waals surface area (Å²) < 4.78 is 13.1. The molecular formula is C13H23N3O2. The fourth-order valence-electron chi connectivity index (χ4n) is 2.37. The van der Waals surface area contributed by atoms with E-state index in [-0.39, 0.29) is 6.10 Å². The molecule has 1 aromatic heterocycles. The van der Waals surface area contributed by atoms with Gasteiger partial charge in [0, 0.05) is 26.5 Å². The van der Waals surface area contributed by atoms with Crippen molar-refractivity contribution < 1.29 is 9.47 Å². The van der Waals surface area contributed by atoms with E-state index in [0.29, 0.717) is 12.6 Å². The third kappa shape index (κ3) is 3.03. The van der Waals surface area contributed by atoms with E-state index in [2.05, 4.69) is 17.3 Å². The topological polar surface area (TPSA) is 48.3 Å². The Kier molecular flexibility index (Phi) is 4.60. The lowest BCUT2D eigenvalue weighted by atomic mass is 10.1. The third-order valence-corrected chi connectivity index (χ3v) is 3.27. The number of aryl methyl sites for hydroxylation is 2. The van der Waals surface area contributed by atoms with Gasteiger partial charge in [-0.05, 0) is 19.8 Å². The van der Waals surface area contributed by atoms with Crippen LogP contribution >= 0.6 is 0 Å². The molecule has 0 radical (unpaired) electrons. The molecule has 0 aromatic carbocycles. The molecule has 0 aliphatic carbocycles. The second kappa shape index (κ2) is 6.20. The normalized spacial score (nSPS) is 24.2. The molecule has 0 amide bonds. The van der Waals surface area contributed by atoms with Gasteiger partial charge in [-0.2, -0.15) is 5.10 Å². The first kappa shape index (κ1) is 13.4. The fourth-order valence-corrected chi connectivity index (χ4v) is 2.37. The molecule has 0 bridgehead atoms. The van der Waals surface area contributed by atoms with Gasteiger partial charge in [0.05, 0.1) is 24.0 Å². The van der Waals surface area contributed by atoms with Gasteiger partial charge in [-0.25, -0.2) is 0 Å². The summed E-state index contributed by atoms with van der Waals surface area (Å²) in [5, 5.41) is 8.02. The van der Waals surface area contributed by atoms with Crippen LogP contribution < -0.4 is 5.32 Å². The first-order valence-electron chi connectivity index (χ1n) is 6.73. The predicted octanol–water partition coefficient (Wildman–Crippen LogP) is 1.59. The highest BCUT2D eigenvalue weighted by atomic mass is 16.5. The first-order valence-corrected chi connectivity index (χ1v) is 6.73. The molecule has 1 N–H and O–H groups in total. The quantitative estimate of drug-likeness (QED) is 0.865. The molecule has 1 aliphatic rings. The van der Waals surface area contributed by atoms with Crippen LogP contribution in [-0.2, 0) is 22.9 Å². The standard InChI is InChI=1S/C13H23N3O2/c1-4-10-12(8-16(3)15-10)14-11-6-7-17-9-13(11)18-5-2/h8,11,13-14H,4-7,9H2,1-3H3. The fraction of sp³-hybridized carbons (Fsp3) is 0.769. The van der Waals surface area contributed by atoms with E-state index in [0.717, 1.165) is 37.4 Å². The maximum Gasteiger partial charge on any atom is 0.101 e. The molecule has 0 spiro atoms. The molecule has 2 atom stereocenters. The Hall–Kier alpha value is -1.07. The van der Waals surface area contributed by atoms with E-state index in [4.69, 9.17) is 9.47 Å². The summed E-state index contributed by atoms with van der Waals surface area (Å²) in [6.07, 6.45) is 4.08. The lowest BCUT2D eigenvalue weighted by Crippen LogP contribution is -2.43. The minimum Gasteiger partial charge on any atom is -0.379 e. The number of rotatable bonds is 5. The third-order valence-electron chi connectivity index (χ3n) is 3.27. The highest BCUT2D eigenvalue weighted by molar-refractivity contribution is 5.47. The first-order chi connectivity index (χ1) is 8.74. The van der Waals surface area contributed by atoms with Crippen LogP contribution in [0, 0.1) is 0 Å². The molecule has 2 heterocycles. The highest BCUT2D eigenvalue weighted by Gasteiger charge is 2.27. The van der Waals surface area contributed by atoms with Gasteiger partial charge in [-0.3, -0.25) is 4.68 Å². The molecule has 102 valence electrons. The van der Waals surface area contributed by atoms with Crippen molar-refractivity contribution in [3.05, 3.63) is 11.9 Å². The Balaban J connectivity index is 2.05. The van der Waals surface area contributed by atoms with Crippen LogP contribution in [0.2, 0.25) is 0 Å². The monoisotopic (exact) mass is 253 g/mol. The molecule has 5 heteroatoms. The van der Waals surface area contributed by atoms with Crippen molar-refractivity contribution in [2.24, 2.45) is 7.05 Å². The van der Waals surface area contributed by atoms with E-state index < -0.39 is 0 Å². The maximum absolute atomic E-state index is 5.73. The summed E-state index contributed by atoms with van der Waals surface area (Å²) in [5.41, 5.74) is 2.23. The van der Waals surface area contributed by atoms with E-state index in [1.54, 1.807) is 0 Å². The second-order valence-corrected chi connectivity index (χ2v) is 4.62. The van der Waals surface area contributed by atoms with Gasteiger partial charge >= 0.3 is 0 Å². The van der Waals surface area contributed by atoms with Gasteiger partial charge in [0.15, 0.2) is 0 Å². The number of hydrogen-bond donors (Lipinski definition) is 1. The summed E-state index contributed by atoms with van der Waals surface area (Å²) in [6, 6.07) is 0.313. The van der Waals surface area contributed by atoms with Crippen LogP contribution in [0.25, 0.3) is 0 Å². The number of aromatic nitrogens is 2. The van der Waals surface area contributed by atoms with E-state index >= 15 is 0 Å². The van der Waals surface area contributed by atoms with Gasteiger partial charge in [-0.1, -0.05) is 6.92 Å². The molecule has 5 nitrogen and oxygen atoms in total. The van der Waals surface area contributed by atoms with Crippen molar-refractivity contribution in [2.75, 3.05) is 25.1 Å². The van der Waals surface area contributed by atoms with Crippen molar-refractivity contribution in [2.45, 2.75) is 38.8 Å². The lowest BCUT2D eigenvalue weighted by Gasteiger charge is -2.32. The summed E-state index contributed by atoms with van der Waals surface area (Å²) in [6.45, 7) is 6.33. The number of hydrogen-bond acceptors (Lipinski definition) is 4. The summed E-state index contributed by atoms with van der Waals surface area (Å²) in [4.78, 5) is 0. The largest absolute Gasteiger partial charge is 0.379 e. The number of nitrogens with zero attached hydrogens (tertiary/aromatic N) is 2. The number of nitrogens with one attached hydrogen (secondary N) is 1. The highest BCUT2D eigenvalue weighted by Crippen LogP contribution is 2.20. The molecule has 2 rings (SSSR count). The van der Waals surface area contributed by atoms with Crippen LogP contribution in [0.5, 0.6) is 0 Å². The van der Waals surface area contributed by atoms with Crippen LogP contribution in [0.15, 0.2) is 6.20 Å². The minimum absolute atomic E-state index is 0.133. The Morgan fingerprint density at radius 1 is 1.56 bits per heavy atom. The SMILES string of the molecule is CCOC1COCCC1Nc1cn(C)nc1CC. The lowest BCUT2D eigenvalue weighted by molar-refractivity contribution is -0.0528. The Labute approximate surface area is 108 Å². The molecule has 1 fully saturated rings. The summed E-state index contributed by atoms with van der Waals surface area (Å²) in [5.74, 6) is 0. The van der Waals surface area contributed by atoms with E-state index in [1.165, 1.54) is 0 Å². The van der Waals surface area contributed by atoms with Crippen molar-refractivity contribution in [1.82, 2.24) is 9.78 Å². The Morgan fingerprint density at radius 2 is 2.39 bits per heavy atom. The molecule has 18 heavy (non-hydrogen) atoms. The number of ether oxygens (including phenoxy) is 2. The van der Waals surface area contributed by atoms with Crippen molar-refractivity contribution in [1.29, 1.82) is 0 Å². The molecular weight excluding hydrogens is 230 g/mol. The van der Waals surface area contributed by atoms with E-state index in [9.17, 15) is 0 Å². The molecule has 1 saturated heterocycles. The van der Waals surface area contributed by atoms with Crippen LogP contribution in [-0.4, -0.2) is 41.7 Å². The van der Waals surface area contributed by atoms with Gasteiger partial charge in [0.1, 0.15) is 6.10 Å². The molecule has 2 unspecified atom stereocenters. The average molecular weight is 253 g/mol. The second-order valence-electron chi connectivity index (χ2n) is 4.62. The van der Waals surface area contributed by atoms with Crippen molar-refractivity contribution in [3.8, 4) is 0 Å². The zero-order valence-electron chi connectivity index (χ0n) is 11.5. The van der Waals surface area contributed by atoms with Crippen LogP contribution in [0.1, 0.15) is 26.0 Å². The predicted molar refractivity (Wildman–Crippen MR) is 70.8 cm³/mol. The average Bonchev–Trinajstić information content (AvgIpc) is 2.72. The van der Waals surface area contributed by atoms with Gasteiger partial charge in [0.2, 0.25) is 0 Å². The van der Waals surface area contributed by atoms with Gasteiger partial charge in [0.25, 0.3) is 0 Å². The van der Waals surface area contributed by atoms with Gasteiger partial charge in [-0.15, -0.1) is 0 Å². The zero-order valence-corrected chi connectivity index (χ0v) is 11.5. The summed E-state index contributed by atoms with van der Waals surface area (Å²) >= 11 is 0. The smallest absolute Gasteiger partial charge is 0.101 e. The minimum atomic E-state index is 0.133. The summed E-state index contributed by atoms with van der Waals surface area (Å²) in [7, 11) is 1.95. The van der Waals surface area contributed by atoms with Crippen molar-refractivity contribution in [3.63, 3.8) is 0 Å². The zero-order chi connectivity index (χ0) is 13.0. The van der Waals surface area contributed by atoms with Crippen LogP contribution in [0.4, 0.5) is 5.69 Å². The van der Waals surface area contributed by atoms with Gasteiger partial charge < -0.3 is 14.8 Å². The molecule has 1 aromatic rings. The Morgan fingerprint density at radius 3 is 3.11 bits per heavy atom. The number of anilines is 1. The van der Waals surface area contributed by atoms with Crippen molar-refractivity contribution >= 4 is 5.69 Å². The molecule has 1 aliphatic heterocycles. The Bertz CT molecular complexity index is 376.